The van der Waals surface area contributed by atoms with Gasteiger partial charge < -0.3 is 5.32 Å². The van der Waals surface area contributed by atoms with E-state index in [2.05, 4.69) is 11.2 Å². The molecule has 0 aliphatic rings. The molecule has 0 radical (unpaired) electrons. The number of nitrogens with one attached hydrogen (secondary N) is 1. The van der Waals surface area contributed by atoms with Gasteiger partial charge in [0.15, 0.2) is 0 Å². The largest absolute Gasteiger partial charge is 0.342 e. The second-order valence-corrected chi connectivity index (χ2v) is 3.29. The van der Waals surface area contributed by atoms with Crippen LogP contribution in [0.4, 0.5) is 0 Å². The highest BCUT2D eigenvalue weighted by Crippen LogP contribution is 1.99. The summed E-state index contributed by atoms with van der Waals surface area (Å²) in [5.74, 6) is 2.96. The van der Waals surface area contributed by atoms with Crippen LogP contribution in [0.15, 0.2) is 0 Å². The average Bonchev–Trinajstić information content (AvgIpc) is 1.98. The number of terminal acetylenes is 1. The van der Waals surface area contributed by atoms with E-state index in [-0.39, 0.29) is 11.9 Å². The first-order valence-corrected chi connectivity index (χ1v) is 4.35. The molecule has 0 saturated heterocycles. The van der Waals surface area contributed by atoms with Crippen LogP contribution in [0.2, 0.25) is 0 Å². The summed E-state index contributed by atoms with van der Waals surface area (Å²) in [5.41, 5.74) is 0. The highest BCUT2D eigenvalue weighted by Gasteiger charge is 2.08. The minimum absolute atomic E-state index is 0.0507. The van der Waals surface area contributed by atoms with E-state index in [9.17, 15) is 4.79 Å². The number of hydrogen-bond donors (Lipinski definition) is 1. The third-order valence-electron chi connectivity index (χ3n) is 1.54. The van der Waals surface area contributed by atoms with Gasteiger partial charge in [0.2, 0.25) is 5.91 Å². The molecule has 0 aromatic heterocycles. The smallest absolute Gasteiger partial charge is 0.221 e. The zero-order chi connectivity index (χ0) is 9.56. The van der Waals surface area contributed by atoms with Gasteiger partial charge in [-0.05, 0) is 12.3 Å². The minimum atomic E-state index is -0.101. The quantitative estimate of drug-likeness (QED) is 0.632. The minimum Gasteiger partial charge on any atom is -0.342 e. The average molecular weight is 167 g/mol. The lowest BCUT2D eigenvalue weighted by atomic mass is 10.1. The summed E-state index contributed by atoms with van der Waals surface area (Å²) in [7, 11) is 0. The summed E-state index contributed by atoms with van der Waals surface area (Å²) in [6, 6.07) is -0.101. The molecular formula is C10H17NO. The van der Waals surface area contributed by atoms with Crippen molar-refractivity contribution in [2.75, 3.05) is 0 Å². The van der Waals surface area contributed by atoms with Gasteiger partial charge in [0.25, 0.3) is 0 Å². The van der Waals surface area contributed by atoms with Crippen molar-refractivity contribution < 1.29 is 4.79 Å². The topological polar surface area (TPSA) is 29.1 Å². The molecule has 0 fully saturated rings. The fourth-order valence-corrected chi connectivity index (χ4v) is 0.886. The highest BCUT2D eigenvalue weighted by molar-refractivity contribution is 5.76. The molecule has 68 valence electrons. The summed E-state index contributed by atoms with van der Waals surface area (Å²) in [4.78, 5) is 11.2. The van der Waals surface area contributed by atoms with Gasteiger partial charge >= 0.3 is 0 Å². The normalized spacial score (nSPS) is 12.2. The number of rotatable bonds is 4. The molecular weight excluding hydrogens is 150 g/mol. The molecule has 0 spiro atoms. The van der Waals surface area contributed by atoms with E-state index >= 15 is 0 Å². The molecule has 2 heteroatoms. The fourth-order valence-electron chi connectivity index (χ4n) is 0.886. The van der Waals surface area contributed by atoms with Crippen LogP contribution in [0.25, 0.3) is 0 Å². The molecule has 0 bridgehead atoms. The van der Waals surface area contributed by atoms with Crippen LogP contribution in [-0.4, -0.2) is 11.9 Å². The molecule has 1 unspecified atom stereocenters. The molecule has 0 aliphatic carbocycles. The van der Waals surface area contributed by atoms with Crippen LogP contribution in [0.1, 0.15) is 33.6 Å². The molecule has 2 nitrogen and oxygen atoms in total. The third kappa shape index (κ3) is 4.79. The fraction of sp³-hybridized carbons (Fsp3) is 0.700. The maximum absolute atomic E-state index is 11.2. The van der Waals surface area contributed by atoms with Crippen molar-refractivity contribution in [2.45, 2.75) is 39.7 Å². The lowest BCUT2D eigenvalue weighted by Crippen LogP contribution is -2.33. The van der Waals surface area contributed by atoms with E-state index in [0.29, 0.717) is 12.3 Å². The first-order chi connectivity index (χ1) is 5.60. The van der Waals surface area contributed by atoms with Crippen molar-refractivity contribution >= 4 is 5.91 Å². The summed E-state index contributed by atoms with van der Waals surface area (Å²) < 4.78 is 0. The maximum Gasteiger partial charge on any atom is 0.221 e. The first-order valence-electron chi connectivity index (χ1n) is 4.35. The maximum atomic E-state index is 11.2. The number of amides is 1. The number of hydrogen-bond acceptors (Lipinski definition) is 1. The predicted molar refractivity (Wildman–Crippen MR) is 50.5 cm³/mol. The first kappa shape index (κ1) is 11.0. The number of carbonyl (C=O) groups excluding carboxylic acids is 1. The Balaban J connectivity index is 3.76. The predicted octanol–water partition coefficient (Wildman–Crippen LogP) is 1.56. The van der Waals surface area contributed by atoms with E-state index < -0.39 is 0 Å². The Morgan fingerprint density at radius 1 is 1.58 bits per heavy atom. The van der Waals surface area contributed by atoms with Crippen molar-refractivity contribution in [1.82, 2.24) is 5.32 Å². The van der Waals surface area contributed by atoms with E-state index in [4.69, 9.17) is 6.42 Å². The van der Waals surface area contributed by atoms with Gasteiger partial charge in [-0.15, -0.1) is 6.42 Å². The van der Waals surface area contributed by atoms with Crippen molar-refractivity contribution in [1.29, 1.82) is 0 Å². The van der Waals surface area contributed by atoms with Crippen molar-refractivity contribution in [3.63, 3.8) is 0 Å². The zero-order valence-corrected chi connectivity index (χ0v) is 8.05. The standard InChI is InChI=1S/C10H17NO/c1-5-9(6-2)11-10(12)7-8(3)4/h1,8-9H,6-7H2,2-4H3,(H,11,12). The molecule has 0 rings (SSSR count). The summed E-state index contributed by atoms with van der Waals surface area (Å²) in [6.07, 6.45) is 6.54. The van der Waals surface area contributed by atoms with Gasteiger partial charge in [-0.3, -0.25) is 4.79 Å². The second kappa shape index (κ2) is 5.65. The summed E-state index contributed by atoms with van der Waals surface area (Å²) in [6.45, 7) is 5.98. The Kier molecular flexibility index (Phi) is 5.19. The molecule has 0 heterocycles. The molecule has 0 saturated carbocycles. The van der Waals surface area contributed by atoms with Gasteiger partial charge in [0.1, 0.15) is 0 Å². The lowest BCUT2D eigenvalue weighted by molar-refractivity contribution is -0.122. The molecule has 12 heavy (non-hydrogen) atoms. The van der Waals surface area contributed by atoms with Crippen LogP contribution in [0.3, 0.4) is 0 Å². The molecule has 0 aromatic rings. The van der Waals surface area contributed by atoms with E-state index in [0.717, 1.165) is 6.42 Å². The molecule has 1 atom stereocenters. The van der Waals surface area contributed by atoms with Crippen molar-refractivity contribution in [3.8, 4) is 12.3 Å². The third-order valence-corrected chi connectivity index (χ3v) is 1.54. The SMILES string of the molecule is C#CC(CC)NC(=O)CC(C)C. The Morgan fingerprint density at radius 3 is 2.50 bits per heavy atom. The second-order valence-electron chi connectivity index (χ2n) is 3.29. The van der Waals surface area contributed by atoms with Crippen molar-refractivity contribution in [2.24, 2.45) is 5.92 Å². The van der Waals surface area contributed by atoms with Gasteiger partial charge in [-0.25, -0.2) is 0 Å². The van der Waals surface area contributed by atoms with E-state index in [1.165, 1.54) is 0 Å². The van der Waals surface area contributed by atoms with Crippen LogP contribution in [0, 0.1) is 18.3 Å². The molecule has 1 amide bonds. The van der Waals surface area contributed by atoms with Gasteiger partial charge in [-0.2, -0.15) is 0 Å². The zero-order valence-electron chi connectivity index (χ0n) is 8.05. The summed E-state index contributed by atoms with van der Waals surface area (Å²) >= 11 is 0. The van der Waals surface area contributed by atoms with Gasteiger partial charge in [0, 0.05) is 6.42 Å². The molecule has 0 aromatic carbocycles. The Hall–Kier alpha value is -0.970. The Labute approximate surface area is 74.7 Å². The van der Waals surface area contributed by atoms with Crippen LogP contribution < -0.4 is 5.32 Å². The lowest BCUT2D eigenvalue weighted by Gasteiger charge is -2.11. The van der Waals surface area contributed by atoms with Crippen LogP contribution >= 0.6 is 0 Å². The molecule has 0 aliphatic heterocycles. The van der Waals surface area contributed by atoms with Gasteiger partial charge in [0.05, 0.1) is 6.04 Å². The van der Waals surface area contributed by atoms with Crippen molar-refractivity contribution in [3.05, 3.63) is 0 Å². The molecule has 1 N–H and O–H groups in total. The monoisotopic (exact) mass is 167 g/mol. The highest BCUT2D eigenvalue weighted by atomic mass is 16.1. The number of carbonyl (C=O) groups is 1. The van der Waals surface area contributed by atoms with Crippen LogP contribution in [-0.2, 0) is 4.79 Å². The van der Waals surface area contributed by atoms with E-state index in [1.54, 1.807) is 0 Å². The van der Waals surface area contributed by atoms with Crippen LogP contribution in [0.5, 0.6) is 0 Å². The Morgan fingerprint density at radius 2 is 2.17 bits per heavy atom. The van der Waals surface area contributed by atoms with E-state index in [1.807, 2.05) is 20.8 Å². The Bertz CT molecular complexity index is 179. The van der Waals surface area contributed by atoms with Gasteiger partial charge in [-0.1, -0.05) is 26.7 Å². The summed E-state index contributed by atoms with van der Waals surface area (Å²) in [5, 5.41) is 2.77.